The van der Waals surface area contributed by atoms with Crippen molar-refractivity contribution in [3.05, 3.63) is 108 Å². The van der Waals surface area contributed by atoms with Crippen LogP contribution in [0.25, 0.3) is 0 Å². The first-order valence-electron chi connectivity index (χ1n) is 15.8. The highest BCUT2D eigenvalue weighted by Crippen LogP contribution is 2.26. The number of hydrogen-bond donors (Lipinski definition) is 2. The molecular weight excluding hydrogens is 612 g/mol. The van der Waals surface area contributed by atoms with Crippen LogP contribution in [0.3, 0.4) is 0 Å². The monoisotopic (exact) mass is 656 g/mol. The highest BCUT2D eigenvalue weighted by molar-refractivity contribution is 7.99. The third kappa shape index (κ3) is 12.6. The van der Waals surface area contributed by atoms with Crippen LogP contribution in [0.2, 0.25) is 0 Å². The summed E-state index contributed by atoms with van der Waals surface area (Å²) < 4.78 is 22.8. The molecule has 0 aliphatic heterocycles. The lowest BCUT2D eigenvalue weighted by Crippen LogP contribution is -2.23. The number of para-hydroxylation sites is 2. The van der Waals surface area contributed by atoms with Crippen LogP contribution in [0, 0.1) is 13.8 Å². The highest BCUT2D eigenvalue weighted by Gasteiger charge is 2.14. The van der Waals surface area contributed by atoms with Gasteiger partial charge in [0, 0.05) is 34.3 Å². The lowest BCUT2D eigenvalue weighted by atomic mass is 10.2. The van der Waals surface area contributed by atoms with Crippen molar-refractivity contribution in [2.45, 2.75) is 52.7 Å². The van der Waals surface area contributed by atoms with Crippen LogP contribution >= 0.6 is 11.8 Å². The quantitative estimate of drug-likeness (QED) is 0.0806. The van der Waals surface area contributed by atoms with E-state index in [4.69, 9.17) is 18.9 Å². The van der Waals surface area contributed by atoms with Crippen molar-refractivity contribution in [1.82, 2.24) is 0 Å². The Morgan fingerprint density at radius 2 is 1.00 bits per heavy atom. The largest absolute Gasteiger partial charge is 0.489 e. The van der Waals surface area contributed by atoms with E-state index in [-0.39, 0.29) is 50.2 Å². The maximum atomic E-state index is 12.3. The van der Waals surface area contributed by atoms with E-state index in [9.17, 15) is 9.59 Å². The van der Waals surface area contributed by atoms with E-state index in [0.717, 1.165) is 45.4 Å². The fourth-order valence-corrected chi connectivity index (χ4v) is 5.44. The summed E-state index contributed by atoms with van der Waals surface area (Å²) in [5.74, 6) is 2.02. The van der Waals surface area contributed by atoms with Gasteiger partial charge in [-0.2, -0.15) is 11.8 Å². The number of rotatable bonds is 18. The molecule has 0 aromatic heterocycles. The summed E-state index contributed by atoms with van der Waals surface area (Å²) >= 11 is 1.52. The lowest BCUT2D eigenvalue weighted by molar-refractivity contribution is -0.149. The zero-order valence-corrected chi connectivity index (χ0v) is 28.3. The summed E-state index contributed by atoms with van der Waals surface area (Å²) in [5.41, 5.74) is 5.94. The molecule has 0 aliphatic rings. The van der Waals surface area contributed by atoms with Gasteiger partial charge in [0.1, 0.15) is 36.9 Å². The molecule has 0 saturated heterocycles. The molecule has 0 heterocycles. The van der Waals surface area contributed by atoms with E-state index in [2.05, 4.69) is 10.6 Å². The van der Waals surface area contributed by atoms with Crippen LogP contribution in [0.5, 0.6) is 11.5 Å². The number of carbonyl (C=O) groups is 2. The van der Waals surface area contributed by atoms with Crippen molar-refractivity contribution in [3.8, 4) is 11.5 Å². The van der Waals surface area contributed by atoms with Crippen molar-refractivity contribution in [1.29, 1.82) is 0 Å². The molecule has 2 atom stereocenters. The Balaban J connectivity index is 1.05. The van der Waals surface area contributed by atoms with E-state index in [1.807, 2.05) is 125 Å². The molecule has 4 aromatic carbocycles. The fourth-order valence-electron chi connectivity index (χ4n) is 4.62. The van der Waals surface area contributed by atoms with Crippen molar-refractivity contribution in [2.75, 3.05) is 35.4 Å². The predicted octanol–water partition coefficient (Wildman–Crippen LogP) is 8.63. The number of carbonyl (C=O) groups excluding carboxylic acids is 2. The lowest BCUT2D eigenvalue weighted by Gasteiger charge is -2.17. The first-order chi connectivity index (χ1) is 22.7. The second kappa shape index (κ2) is 18.5. The predicted molar refractivity (Wildman–Crippen MR) is 190 cm³/mol. The van der Waals surface area contributed by atoms with Gasteiger partial charge in [0.05, 0.1) is 12.8 Å². The first kappa shape index (κ1) is 35.2. The van der Waals surface area contributed by atoms with Crippen LogP contribution in [0.1, 0.15) is 37.8 Å². The molecule has 4 aromatic rings. The highest BCUT2D eigenvalue weighted by atomic mass is 32.2. The minimum atomic E-state index is -0.389. The van der Waals surface area contributed by atoms with Gasteiger partial charge < -0.3 is 29.6 Å². The van der Waals surface area contributed by atoms with Gasteiger partial charge >= 0.3 is 11.9 Å². The van der Waals surface area contributed by atoms with E-state index in [0.29, 0.717) is 11.5 Å². The number of nitrogens with one attached hydrogen (secondary N) is 2. The third-order valence-corrected chi connectivity index (χ3v) is 7.97. The zero-order chi connectivity index (χ0) is 33.4. The van der Waals surface area contributed by atoms with Gasteiger partial charge in [-0.1, -0.05) is 36.4 Å². The molecule has 0 radical (unpaired) electrons. The smallest absolute Gasteiger partial charge is 0.307 e. The molecule has 2 N–H and O–H groups in total. The van der Waals surface area contributed by atoms with Crippen LogP contribution < -0.4 is 20.1 Å². The van der Waals surface area contributed by atoms with E-state index in [1.54, 1.807) is 0 Å². The number of hydrogen-bond acceptors (Lipinski definition) is 9. The van der Waals surface area contributed by atoms with Crippen molar-refractivity contribution < 1.29 is 28.5 Å². The Kier molecular flexibility index (Phi) is 13.9. The standard InChI is InChI=1S/C38H44N2O6S/c1-27-23-33(39-31-11-7-5-8-12-31)15-17-35(27)43-25-29(3)45-37(41)19-21-47-22-20-38(42)46-30(4)26-44-36-18-16-34(24-28(36)2)40-32-13-9-6-10-14-32/h5-18,23-24,29-30,39-40H,19-22,25-26H2,1-4H3. The molecule has 8 nitrogen and oxygen atoms in total. The summed E-state index contributed by atoms with van der Waals surface area (Å²) in [6, 6.07) is 31.7. The maximum absolute atomic E-state index is 12.3. The van der Waals surface area contributed by atoms with Gasteiger partial charge in [0.15, 0.2) is 0 Å². The normalized spacial score (nSPS) is 12.0. The average molecular weight is 657 g/mol. The Bertz CT molecular complexity index is 1450. The molecule has 0 fully saturated rings. The van der Waals surface area contributed by atoms with E-state index >= 15 is 0 Å². The minimum Gasteiger partial charge on any atom is -0.489 e. The molecule has 9 heteroatoms. The molecule has 4 rings (SSSR count). The summed E-state index contributed by atoms with van der Waals surface area (Å²) in [4.78, 5) is 24.6. The summed E-state index contributed by atoms with van der Waals surface area (Å²) in [7, 11) is 0. The Morgan fingerprint density at radius 3 is 1.38 bits per heavy atom. The van der Waals surface area contributed by atoms with Gasteiger partial charge in [-0.25, -0.2) is 0 Å². The second-order valence-electron chi connectivity index (χ2n) is 11.3. The van der Waals surface area contributed by atoms with Gasteiger partial charge in [0.25, 0.3) is 0 Å². The van der Waals surface area contributed by atoms with Crippen molar-refractivity contribution in [2.24, 2.45) is 0 Å². The number of ether oxygens (including phenoxy) is 4. The Morgan fingerprint density at radius 1 is 0.596 bits per heavy atom. The molecule has 2 unspecified atom stereocenters. The number of aryl methyl sites for hydroxylation is 2. The summed E-state index contributed by atoms with van der Waals surface area (Å²) in [5, 5.41) is 6.73. The molecule has 248 valence electrons. The van der Waals surface area contributed by atoms with Gasteiger partial charge in [-0.15, -0.1) is 0 Å². The van der Waals surface area contributed by atoms with Gasteiger partial charge in [-0.05, 0) is 99.5 Å². The zero-order valence-electron chi connectivity index (χ0n) is 27.5. The maximum Gasteiger partial charge on any atom is 0.307 e. The van der Waals surface area contributed by atoms with Crippen molar-refractivity contribution >= 4 is 46.5 Å². The second-order valence-corrected chi connectivity index (χ2v) is 12.5. The Labute approximate surface area is 282 Å². The number of benzene rings is 4. The summed E-state index contributed by atoms with van der Waals surface area (Å²) in [6.07, 6.45) is -0.265. The van der Waals surface area contributed by atoms with E-state index < -0.39 is 0 Å². The van der Waals surface area contributed by atoms with Crippen LogP contribution in [-0.4, -0.2) is 48.9 Å². The molecule has 0 saturated carbocycles. The van der Waals surface area contributed by atoms with Crippen LogP contribution in [0.15, 0.2) is 97.1 Å². The fraction of sp³-hybridized carbons (Fsp3) is 0.316. The minimum absolute atomic E-state index is 0.256. The molecule has 0 amide bonds. The van der Waals surface area contributed by atoms with Gasteiger partial charge in [-0.3, -0.25) is 9.59 Å². The molecule has 0 bridgehead atoms. The van der Waals surface area contributed by atoms with Crippen LogP contribution in [-0.2, 0) is 19.1 Å². The molecule has 47 heavy (non-hydrogen) atoms. The van der Waals surface area contributed by atoms with E-state index in [1.165, 1.54) is 11.8 Å². The SMILES string of the molecule is Cc1cc(Nc2ccccc2)ccc1OCC(C)OC(=O)CCSCCC(=O)OC(C)COc1ccc(Nc2ccccc2)cc1C. The Hall–Kier alpha value is -4.63. The number of esters is 2. The molecule has 0 aliphatic carbocycles. The van der Waals surface area contributed by atoms with Crippen LogP contribution in [0.4, 0.5) is 22.7 Å². The molecule has 0 spiro atoms. The van der Waals surface area contributed by atoms with Crippen molar-refractivity contribution in [3.63, 3.8) is 0 Å². The molecular formula is C38H44N2O6S. The summed E-state index contributed by atoms with van der Waals surface area (Å²) in [6.45, 7) is 8.11. The topological polar surface area (TPSA) is 95.1 Å². The first-order valence-corrected chi connectivity index (χ1v) is 17.0. The average Bonchev–Trinajstić information content (AvgIpc) is 3.05. The number of anilines is 4. The van der Waals surface area contributed by atoms with Gasteiger partial charge in [0.2, 0.25) is 0 Å². The number of thioether (sulfide) groups is 1. The third-order valence-electron chi connectivity index (χ3n) is 6.99.